The lowest BCUT2D eigenvalue weighted by atomic mass is 10.2. The zero-order valence-corrected chi connectivity index (χ0v) is 11.8. The summed E-state index contributed by atoms with van der Waals surface area (Å²) in [7, 11) is 0. The number of hydrogen-bond donors (Lipinski definition) is 2. The Kier molecular flexibility index (Phi) is 3.45. The molecule has 0 fully saturated rings. The lowest BCUT2D eigenvalue weighted by molar-refractivity contribution is 0.269. The number of para-hydroxylation sites is 1. The van der Waals surface area contributed by atoms with Gasteiger partial charge in [0.05, 0.1) is 25.0 Å². The molecule has 0 atom stereocenters. The van der Waals surface area contributed by atoms with Gasteiger partial charge in [-0.15, -0.1) is 0 Å². The van der Waals surface area contributed by atoms with Crippen LogP contribution in [0.15, 0.2) is 42.7 Å². The smallest absolute Gasteiger partial charge is 0.130 e. The van der Waals surface area contributed by atoms with Crippen molar-refractivity contribution in [2.45, 2.75) is 13.5 Å². The average molecular weight is 283 g/mol. The molecule has 0 aliphatic rings. The van der Waals surface area contributed by atoms with Gasteiger partial charge in [0.1, 0.15) is 11.5 Å². The van der Waals surface area contributed by atoms with Crippen LogP contribution in [0.5, 0.6) is 0 Å². The molecule has 2 heterocycles. The standard InChI is InChI=1S/C15H17N5O/c1-11-14(12-9-17-19(10-12)7-8-21)18-20(15(11)16)13-5-3-2-4-6-13/h2-6,9-10,21H,7-8,16H2,1H3. The van der Waals surface area contributed by atoms with Crippen LogP contribution in [0.2, 0.25) is 0 Å². The number of rotatable bonds is 4. The largest absolute Gasteiger partial charge is 0.394 e. The summed E-state index contributed by atoms with van der Waals surface area (Å²) in [6, 6.07) is 9.77. The first-order valence-corrected chi connectivity index (χ1v) is 6.75. The van der Waals surface area contributed by atoms with Crippen molar-refractivity contribution < 1.29 is 5.11 Å². The average Bonchev–Trinajstić information content (AvgIpc) is 3.07. The summed E-state index contributed by atoms with van der Waals surface area (Å²) in [6.07, 6.45) is 3.60. The highest BCUT2D eigenvalue weighted by Gasteiger charge is 2.15. The van der Waals surface area contributed by atoms with Gasteiger partial charge in [0.25, 0.3) is 0 Å². The number of anilines is 1. The van der Waals surface area contributed by atoms with Gasteiger partial charge in [0, 0.05) is 17.3 Å². The Hall–Kier alpha value is -2.60. The van der Waals surface area contributed by atoms with Crippen LogP contribution in [0, 0.1) is 6.92 Å². The molecular weight excluding hydrogens is 266 g/mol. The van der Waals surface area contributed by atoms with Gasteiger partial charge in [0.15, 0.2) is 0 Å². The Bertz CT molecular complexity index is 745. The molecular formula is C15H17N5O. The second kappa shape index (κ2) is 5.41. The Morgan fingerprint density at radius 2 is 2.00 bits per heavy atom. The highest BCUT2D eigenvalue weighted by Crippen LogP contribution is 2.27. The number of hydrogen-bond acceptors (Lipinski definition) is 4. The maximum absolute atomic E-state index is 8.95. The summed E-state index contributed by atoms with van der Waals surface area (Å²) in [5.74, 6) is 0.617. The zero-order chi connectivity index (χ0) is 14.8. The third-order valence-electron chi connectivity index (χ3n) is 3.40. The van der Waals surface area contributed by atoms with Gasteiger partial charge in [-0.1, -0.05) is 18.2 Å². The van der Waals surface area contributed by atoms with Crippen molar-refractivity contribution in [3.05, 3.63) is 48.3 Å². The molecule has 0 unspecified atom stereocenters. The molecule has 0 bridgehead atoms. The van der Waals surface area contributed by atoms with Crippen LogP contribution in [-0.2, 0) is 6.54 Å². The SMILES string of the molecule is Cc1c(-c2cnn(CCO)c2)nn(-c2ccccc2)c1N. The normalized spacial score (nSPS) is 11.0. The zero-order valence-electron chi connectivity index (χ0n) is 11.8. The number of nitrogens with two attached hydrogens (primary N) is 1. The number of aliphatic hydroxyl groups is 1. The van der Waals surface area contributed by atoms with Crippen LogP contribution in [0.25, 0.3) is 16.9 Å². The Labute approximate surface area is 122 Å². The molecule has 3 rings (SSSR count). The molecule has 3 aromatic rings. The van der Waals surface area contributed by atoms with Crippen LogP contribution < -0.4 is 5.73 Å². The molecule has 0 amide bonds. The van der Waals surface area contributed by atoms with Crippen LogP contribution in [-0.4, -0.2) is 31.3 Å². The van der Waals surface area contributed by atoms with E-state index in [2.05, 4.69) is 10.2 Å². The summed E-state index contributed by atoms with van der Waals surface area (Å²) in [4.78, 5) is 0. The molecule has 0 saturated carbocycles. The predicted molar refractivity (Wildman–Crippen MR) is 81.0 cm³/mol. The Morgan fingerprint density at radius 1 is 1.24 bits per heavy atom. The molecule has 108 valence electrons. The molecule has 0 aliphatic carbocycles. The molecule has 6 nitrogen and oxygen atoms in total. The minimum absolute atomic E-state index is 0.0562. The molecule has 0 radical (unpaired) electrons. The third kappa shape index (κ3) is 2.41. The summed E-state index contributed by atoms with van der Waals surface area (Å²) in [5, 5.41) is 17.8. The van der Waals surface area contributed by atoms with Crippen LogP contribution in [0.4, 0.5) is 5.82 Å². The molecule has 6 heteroatoms. The topological polar surface area (TPSA) is 81.9 Å². The minimum atomic E-state index is 0.0562. The number of aromatic nitrogens is 4. The van der Waals surface area contributed by atoms with Crippen LogP contribution in [0.3, 0.4) is 0 Å². The van der Waals surface area contributed by atoms with Crippen molar-refractivity contribution in [2.75, 3.05) is 12.3 Å². The molecule has 2 aromatic heterocycles. The summed E-state index contributed by atoms with van der Waals surface area (Å²) in [5.41, 5.74) is 9.71. The van der Waals surface area contributed by atoms with Crippen molar-refractivity contribution in [3.63, 3.8) is 0 Å². The minimum Gasteiger partial charge on any atom is -0.394 e. The second-order valence-electron chi connectivity index (χ2n) is 4.82. The third-order valence-corrected chi connectivity index (χ3v) is 3.40. The van der Waals surface area contributed by atoms with E-state index in [1.54, 1.807) is 15.6 Å². The molecule has 3 N–H and O–H groups in total. The maximum atomic E-state index is 8.95. The predicted octanol–water partition coefficient (Wildman–Crippen LogP) is 1.62. The fourth-order valence-electron chi connectivity index (χ4n) is 2.26. The lowest BCUT2D eigenvalue weighted by Gasteiger charge is -2.02. The quantitative estimate of drug-likeness (QED) is 0.762. The number of benzene rings is 1. The lowest BCUT2D eigenvalue weighted by Crippen LogP contribution is -2.01. The number of nitrogens with zero attached hydrogens (tertiary/aromatic N) is 4. The van der Waals surface area contributed by atoms with E-state index >= 15 is 0 Å². The fourth-order valence-corrected chi connectivity index (χ4v) is 2.26. The van der Waals surface area contributed by atoms with E-state index in [1.165, 1.54) is 0 Å². The van der Waals surface area contributed by atoms with Gasteiger partial charge in [0.2, 0.25) is 0 Å². The molecule has 0 saturated heterocycles. The number of nitrogen functional groups attached to an aromatic ring is 1. The Balaban J connectivity index is 2.04. The van der Waals surface area contributed by atoms with E-state index < -0.39 is 0 Å². The molecule has 21 heavy (non-hydrogen) atoms. The van der Waals surface area contributed by atoms with E-state index in [9.17, 15) is 0 Å². The Morgan fingerprint density at radius 3 is 2.71 bits per heavy atom. The fraction of sp³-hybridized carbons (Fsp3) is 0.200. The monoisotopic (exact) mass is 283 g/mol. The molecule has 0 aliphatic heterocycles. The van der Waals surface area contributed by atoms with E-state index in [1.807, 2.05) is 43.5 Å². The second-order valence-corrected chi connectivity index (χ2v) is 4.82. The summed E-state index contributed by atoms with van der Waals surface area (Å²) in [6.45, 7) is 2.47. The van der Waals surface area contributed by atoms with E-state index in [0.717, 1.165) is 22.5 Å². The van der Waals surface area contributed by atoms with Gasteiger partial charge in [-0.25, -0.2) is 4.68 Å². The van der Waals surface area contributed by atoms with Crippen molar-refractivity contribution in [2.24, 2.45) is 0 Å². The van der Waals surface area contributed by atoms with Gasteiger partial charge in [-0.05, 0) is 19.1 Å². The first kappa shape index (κ1) is 13.4. The summed E-state index contributed by atoms with van der Waals surface area (Å²) < 4.78 is 3.42. The molecule has 1 aromatic carbocycles. The van der Waals surface area contributed by atoms with Gasteiger partial charge < -0.3 is 10.8 Å². The van der Waals surface area contributed by atoms with Gasteiger partial charge >= 0.3 is 0 Å². The maximum Gasteiger partial charge on any atom is 0.130 e. The first-order valence-electron chi connectivity index (χ1n) is 6.75. The summed E-state index contributed by atoms with van der Waals surface area (Å²) >= 11 is 0. The first-order chi connectivity index (χ1) is 10.2. The van der Waals surface area contributed by atoms with Crippen LogP contribution >= 0.6 is 0 Å². The van der Waals surface area contributed by atoms with Gasteiger partial charge in [-0.2, -0.15) is 10.2 Å². The molecule has 0 spiro atoms. The van der Waals surface area contributed by atoms with Crippen molar-refractivity contribution >= 4 is 5.82 Å². The van der Waals surface area contributed by atoms with Crippen molar-refractivity contribution in [1.29, 1.82) is 0 Å². The van der Waals surface area contributed by atoms with Crippen LogP contribution in [0.1, 0.15) is 5.56 Å². The highest BCUT2D eigenvalue weighted by atomic mass is 16.3. The highest BCUT2D eigenvalue weighted by molar-refractivity contribution is 5.68. The number of aliphatic hydroxyl groups excluding tert-OH is 1. The van der Waals surface area contributed by atoms with Crippen molar-refractivity contribution in [3.8, 4) is 16.9 Å². The van der Waals surface area contributed by atoms with E-state index in [4.69, 9.17) is 10.8 Å². The van der Waals surface area contributed by atoms with E-state index in [-0.39, 0.29) is 6.61 Å². The van der Waals surface area contributed by atoms with Gasteiger partial charge in [-0.3, -0.25) is 4.68 Å². The van der Waals surface area contributed by atoms with Crippen molar-refractivity contribution in [1.82, 2.24) is 19.6 Å². The van der Waals surface area contributed by atoms with E-state index in [0.29, 0.717) is 12.4 Å².